The average Bonchev–Trinajstić information content (AvgIpc) is 2.75. The van der Waals surface area contributed by atoms with Gasteiger partial charge in [0.2, 0.25) is 0 Å². The van der Waals surface area contributed by atoms with E-state index in [9.17, 15) is 0 Å². The number of rotatable bonds is 1. The average molecular weight is 296 g/mol. The van der Waals surface area contributed by atoms with Gasteiger partial charge in [-0.25, -0.2) is 15.3 Å². The first kappa shape index (κ1) is 11.2. The van der Waals surface area contributed by atoms with Gasteiger partial charge in [0.25, 0.3) is 0 Å². The van der Waals surface area contributed by atoms with Crippen molar-refractivity contribution in [2.24, 2.45) is 4.99 Å². The minimum atomic E-state index is -0.354. The van der Waals surface area contributed by atoms with E-state index in [1.54, 1.807) is 0 Å². The van der Waals surface area contributed by atoms with Crippen LogP contribution in [0.15, 0.2) is 33.7 Å². The highest BCUT2D eigenvalue weighted by molar-refractivity contribution is 9.10. The lowest BCUT2D eigenvalue weighted by Crippen LogP contribution is -2.41. The zero-order chi connectivity index (χ0) is 11.7. The fourth-order valence-corrected chi connectivity index (χ4v) is 2.42. The fourth-order valence-electron chi connectivity index (χ4n) is 2.16. The van der Waals surface area contributed by atoms with Gasteiger partial charge in [-0.15, -0.1) is 0 Å². The molecule has 0 unspecified atom stereocenters. The third-order valence-corrected chi connectivity index (χ3v) is 3.68. The summed E-state index contributed by atoms with van der Waals surface area (Å²) in [5.41, 5.74) is 3.67. The second kappa shape index (κ2) is 4.40. The lowest BCUT2D eigenvalue weighted by atomic mass is 10.0. The van der Waals surface area contributed by atoms with Crippen molar-refractivity contribution in [2.75, 3.05) is 13.1 Å². The summed E-state index contributed by atoms with van der Waals surface area (Å²) < 4.78 is 1.07. The molecule has 1 fully saturated rings. The molecule has 2 N–H and O–H groups in total. The predicted octanol–water partition coefficient (Wildman–Crippen LogP) is 1.81. The molecule has 3 rings (SSSR count). The topological polar surface area (TPSA) is 45.7 Å². The number of nitrogens with zero attached hydrogens (tertiary/aromatic N) is 1. The van der Waals surface area contributed by atoms with Crippen LogP contribution in [0.4, 0.5) is 0 Å². The van der Waals surface area contributed by atoms with Crippen LogP contribution in [-0.4, -0.2) is 24.7 Å². The van der Waals surface area contributed by atoms with E-state index in [-0.39, 0.29) is 5.72 Å². The number of amidine groups is 1. The molecular weight excluding hydrogens is 282 g/mol. The third-order valence-electron chi connectivity index (χ3n) is 3.16. The van der Waals surface area contributed by atoms with Gasteiger partial charge in [-0.3, -0.25) is 0 Å². The molecule has 1 spiro atoms. The summed E-state index contributed by atoms with van der Waals surface area (Å²) in [7, 11) is 0. The van der Waals surface area contributed by atoms with Gasteiger partial charge in [-0.1, -0.05) is 28.1 Å². The van der Waals surface area contributed by atoms with Gasteiger partial charge >= 0.3 is 0 Å². The SMILES string of the molecule is Brc1ccc(C2=NC3(CCNCC3)ON2)cc1. The van der Waals surface area contributed by atoms with Crippen molar-refractivity contribution in [3.05, 3.63) is 34.3 Å². The zero-order valence-electron chi connectivity index (χ0n) is 9.37. The summed E-state index contributed by atoms with van der Waals surface area (Å²) in [6.45, 7) is 1.91. The van der Waals surface area contributed by atoms with Crippen LogP contribution in [0.25, 0.3) is 0 Å². The number of hydroxylamine groups is 1. The van der Waals surface area contributed by atoms with Crippen LogP contribution in [0.2, 0.25) is 0 Å². The second-order valence-corrected chi connectivity index (χ2v) is 5.28. The number of benzene rings is 1. The van der Waals surface area contributed by atoms with Crippen LogP contribution in [0.3, 0.4) is 0 Å². The molecule has 0 aromatic heterocycles. The normalized spacial score (nSPS) is 22.3. The van der Waals surface area contributed by atoms with Crippen molar-refractivity contribution in [1.82, 2.24) is 10.8 Å². The van der Waals surface area contributed by atoms with E-state index in [1.165, 1.54) is 0 Å². The highest BCUT2D eigenvalue weighted by atomic mass is 79.9. The Balaban J connectivity index is 1.85. The first-order valence-electron chi connectivity index (χ1n) is 5.78. The lowest BCUT2D eigenvalue weighted by molar-refractivity contribution is -0.0720. The summed E-state index contributed by atoms with van der Waals surface area (Å²) in [4.78, 5) is 10.4. The van der Waals surface area contributed by atoms with Gasteiger partial charge in [-0.2, -0.15) is 0 Å². The van der Waals surface area contributed by atoms with Gasteiger partial charge in [0.05, 0.1) is 0 Å². The minimum absolute atomic E-state index is 0.354. The molecule has 17 heavy (non-hydrogen) atoms. The molecule has 5 heteroatoms. The highest BCUT2D eigenvalue weighted by Gasteiger charge is 2.38. The molecule has 0 bridgehead atoms. The third kappa shape index (κ3) is 2.22. The predicted molar refractivity (Wildman–Crippen MR) is 69.7 cm³/mol. The first-order valence-corrected chi connectivity index (χ1v) is 6.57. The molecule has 1 aromatic carbocycles. The van der Waals surface area contributed by atoms with E-state index in [4.69, 9.17) is 9.83 Å². The Morgan fingerprint density at radius 3 is 2.59 bits per heavy atom. The molecule has 0 saturated carbocycles. The molecule has 2 heterocycles. The van der Waals surface area contributed by atoms with Crippen molar-refractivity contribution in [1.29, 1.82) is 0 Å². The Kier molecular flexibility index (Phi) is 2.90. The molecule has 0 radical (unpaired) electrons. The van der Waals surface area contributed by atoms with Gasteiger partial charge in [-0.05, 0) is 25.2 Å². The Morgan fingerprint density at radius 1 is 1.18 bits per heavy atom. The number of nitrogens with one attached hydrogen (secondary N) is 2. The standard InChI is InChI=1S/C12H14BrN3O/c13-10-3-1-9(2-4-10)11-15-12(17-16-11)5-7-14-8-6-12/h1-4,14H,5-8H2,(H,15,16). The number of hydrogen-bond acceptors (Lipinski definition) is 4. The van der Waals surface area contributed by atoms with Crippen LogP contribution in [0, 0.1) is 0 Å². The first-order chi connectivity index (χ1) is 8.27. The second-order valence-electron chi connectivity index (χ2n) is 4.37. The lowest BCUT2D eigenvalue weighted by Gasteiger charge is -2.28. The monoisotopic (exact) mass is 295 g/mol. The fraction of sp³-hybridized carbons (Fsp3) is 0.417. The highest BCUT2D eigenvalue weighted by Crippen LogP contribution is 2.28. The minimum Gasteiger partial charge on any atom is -0.316 e. The smallest absolute Gasteiger partial charge is 0.190 e. The van der Waals surface area contributed by atoms with Crippen molar-refractivity contribution in [3.63, 3.8) is 0 Å². The van der Waals surface area contributed by atoms with E-state index in [1.807, 2.05) is 24.3 Å². The van der Waals surface area contributed by atoms with Gasteiger partial charge < -0.3 is 5.32 Å². The molecule has 1 aromatic rings. The van der Waals surface area contributed by atoms with E-state index in [2.05, 4.69) is 26.7 Å². The summed E-state index contributed by atoms with van der Waals surface area (Å²) in [6.07, 6.45) is 1.83. The molecule has 4 nitrogen and oxygen atoms in total. The quantitative estimate of drug-likeness (QED) is 0.831. The van der Waals surface area contributed by atoms with E-state index < -0.39 is 0 Å². The number of hydrogen-bond donors (Lipinski definition) is 2. The van der Waals surface area contributed by atoms with Crippen LogP contribution >= 0.6 is 15.9 Å². The molecule has 0 atom stereocenters. The van der Waals surface area contributed by atoms with Crippen LogP contribution in [-0.2, 0) is 4.84 Å². The maximum atomic E-state index is 5.67. The summed E-state index contributed by atoms with van der Waals surface area (Å²) in [6, 6.07) is 8.07. The maximum absolute atomic E-state index is 5.67. The molecule has 0 aliphatic carbocycles. The van der Waals surface area contributed by atoms with Crippen molar-refractivity contribution >= 4 is 21.8 Å². The van der Waals surface area contributed by atoms with Gasteiger partial charge in [0.1, 0.15) is 0 Å². The van der Waals surface area contributed by atoms with Crippen molar-refractivity contribution < 1.29 is 4.84 Å². The Labute approximate surface area is 109 Å². The van der Waals surface area contributed by atoms with Crippen LogP contribution in [0.1, 0.15) is 18.4 Å². The number of piperidine rings is 1. The molecular formula is C12H14BrN3O. The van der Waals surface area contributed by atoms with Gasteiger partial charge in [0.15, 0.2) is 11.6 Å². The molecule has 0 amide bonds. The maximum Gasteiger partial charge on any atom is 0.190 e. The summed E-state index contributed by atoms with van der Waals surface area (Å²) in [5.74, 6) is 0.833. The van der Waals surface area contributed by atoms with E-state index in [0.29, 0.717) is 0 Å². The zero-order valence-corrected chi connectivity index (χ0v) is 11.0. The van der Waals surface area contributed by atoms with E-state index in [0.717, 1.165) is 41.8 Å². The molecule has 1 saturated heterocycles. The van der Waals surface area contributed by atoms with Crippen LogP contribution < -0.4 is 10.8 Å². The number of aliphatic imine (C=N–C) groups is 1. The van der Waals surface area contributed by atoms with Crippen LogP contribution in [0.5, 0.6) is 0 Å². The van der Waals surface area contributed by atoms with E-state index >= 15 is 0 Å². The Bertz CT molecular complexity index is 438. The van der Waals surface area contributed by atoms with Gasteiger partial charge in [0, 0.05) is 22.9 Å². The Hall–Kier alpha value is -0.910. The largest absolute Gasteiger partial charge is 0.316 e. The molecule has 2 aliphatic rings. The Morgan fingerprint density at radius 2 is 1.88 bits per heavy atom. The van der Waals surface area contributed by atoms with Crippen molar-refractivity contribution in [3.8, 4) is 0 Å². The molecule has 90 valence electrons. The summed E-state index contributed by atoms with van der Waals surface area (Å²) >= 11 is 3.42. The summed E-state index contributed by atoms with van der Waals surface area (Å²) in [5, 5.41) is 3.31. The molecule has 2 aliphatic heterocycles. The van der Waals surface area contributed by atoms with Crippen molar-refractivity contribution in [2.45, 2.75) is 18.6 Å². The number of halogens is 1.